The third kappa shape index (κ3) is 2.15. The fourth-order valence-corrected chi connectivity index (χ4v) is 0. The molecule has 4 heavy (non-hydrogen) atoms. The van der Waals surface area contributed by atoms with Gasteiger partial charge in [0.05, 0.1) is 6.33 Å². The van der Waals surface area contributed by atoms with Crippen LogP contribution in [0.1, 0.15) is 0 Å². The van der Waals surface area contributed by atoms with Crippen molar-refractivity contribution in [1.82, 2.24) is 0 Å². The molecule has 0 spiro atoms. The zero-order chi connectivity index (χ0) is 3.41. The van der Waals surface area contributed by atoms with Crippen LogP contribution in [0.3, 0.4) is 0 Å². The van der Waals surface area contributed by atoms with Crippen molar-refractivity contribution in [2.45, 2.75) is 0 Å². The Balaban J connectivity index is 2.55. The molecule has 0 aliphatic heterocycles. The van der Waals surface area contributed by atoms with E-state index in [0.29, 0.717) is 6.33 Å². The highest BCUT2D eigenvalue weighted by atomic mass is 78.9. The Hall–Kier alpha value is 0.150. The second-order valence-electron chi connectivity index (χ2n) is 0.252. The van der Waals surface area contributed by atoms with E-state index >= 15 is 0 Å². The van der Waals surface area contributed by atoms with E-state index in [1.807, 2.05) is 0 Å². The summed E-state index contributed by atoms with van der Waals surface area (Å²) < 4.78 is 10.5. The van der Waals surface area contributed by atoms with Gasteiger partial charge in [0.1, 0.15) is 0 Å². The van der Waals surface area contributed by atoms with Gasteiger partial charge in [-0.3, -0.25) is 0 Å². The predicted molar refractivity (Wildman–Crippen MR) is 19.2 cm³/mol. The number of hydrogen-bond acceptors (Lipinski definition) is 0. The van der Waals surface area contributed by atoms with Crippen LogP contribution in [-0.2, 0) is 0 Å². The molecular weight excluding hydrogens is 122 g/mol. The first-order chi connectivity index (χ1) is 1.91. The van der Waals surface area contributed by atoms with E-state index in [4.69, 9.17) is 0 Å². The van der Waals surface area contributed by atoms with Gasteiger partial charge in [-0.1, -0.05) is 15.9 Å². The van der Waals surface area contributed by atoms with Gasteiger partial charge in [-0.05, 0) is 0 Å². The first kappa shape index (κ1) is 4.15. The van der Waals surface area contributed by atoms with Crippen LogP contribution in [0.5, 0.6) is 0 Å². The quantitative estimate of drug-likeness (QED) is 0.462. The summed E-state index contributed by atoms with van der Waals surface area (Å²) in [4.78, 5) is 1.15. The van der Waals surface area contributed by atoms with Crippen molar-refractivity contribution >= 4 is 15.9 Å². The Bertz CT molecular complexity index is 21.2. The highest BCUT2D eigenvalue weighted by molar-refractivity contribution is 9.11. The van der Waals surface area contributed by atoms with Gasteiger partial charge in [0.2, 0.25) is 0 Å². The lowest BCUT2D eigenvalue weighted by molar-refractivity contribution is 0.724. The maximum absolute atomic E-state index is 10.5. The number of halogens is 2. The summed E-state index contributed by atoms with van der Waals surface area (Å²) >= 11 is 2.69. The Labute approximate surface area is 32.4 Å². The molecule has 0 saturated carbocycles. The maximum atomic E-state index is 10.5. The number of rotatable bonds is 0. The van der Waals surface area contributed by atoms with Crippen LogP contribution in [0.15, 0.2) is 11.3 Å². The van der Waals surface area contributed by atoms with Gasteiger partial charge >= 0.3 is 0 Å². The zero-order valence-electron chi connectivity index (χ0n) is 1.91. The summed E-state index contributed by atoms with van der Waals surface area (Å²) in [7, 11) is 0. The van der Waals surface area contributed by atoms with Crippen LogP contribution in [0.25, 0.3) is 0 Å². The molecule has 2 heteroatoms. The molecule has 0 nitrogen and oxygen atoms in total. The molecule has 0 aliphatic carbocycles. The van der Waals surface area contributed by atoms with E-state index < -0.39 is 0 Å². The summed E-state index contributed by atoms with van der Waals surface area (Å²) in [6.07, 6.45) is 0.417. The van der Waals surface area contributed by atoms with Gasteiger partial charge in [0, 0.05) is 4.99 Å². The molecule has 0 saturated heterocycles. The van der Waals surface area contributed by atoms with E-state index in [2.05, 4.69) is 15.9 Å². The molecule has 0 aromatic heterocycles. The zero-order valence-corrected chi connectivity index (χ0v) is 3.50. The highest BCUT2D eigenvalue weighted by Crippen LogP contribution is 1.78. The monoisotopic (exact) mass is 124 g/mol. The smallest absolute Gasteiger partial charge is 0.0936 e. The van der Waals surface area contributed by atoms with E-state index in [0.717, 1.165) is 4.99 Å². The second kappa shape index (κ2) is 3.15. The molecule has 0 unspecified atom stereocenters. The minimum absolute atomic E-state index is 0.417. The largest absolute Gasteiger partial charge is 0.215 e. The van der Waals surface area contributed by atoms with E-state index in [1.165, 1.54) is 0 Å². The van der Waals surface area contributed by atoms with Gasteiger partial charge in [-0.15, -0.1) is 0 Å². The van der Waals surface area contributed by atoms with Gasteiger partial charge in [0.25, 0.3) is 0 Å². The summed E-state index contributed by atoms with van der Waals surface area (Å²) in [6.45, 7) is 0. The standard InChI is InChI=1S/C2H2BrF/c3-1-2-4/h1-2H/b2-1+/i3-1. The van der Waals surface area contributed by atoms with Gasteiger partial charge in [0.15, 0.2) is 0 Å². The Morgan fingerprint density at radius 2 is 2.00 bits per heavy atom. The van der Waals surface area contributed by atoms with Crippen LogP contribution >= 0.6 is 15.9 Å². The van der Waals surface area contributed by atoms with E-state index in [9.17, 15) is 4.39 Å². The lowest BCUT2D eigenvalue weighted by Crippen LogP contribution is -1.13. The third-order valence-corrected chi connectivity index (χ3v) is 0.247. The summed E-state index contributed by atoms with van der Waals surface area (Å²) in [5.74, 6) is 0. The second-order valence-corrected chi connectivity index (χ2v) is 0.781. The first-order valence-electron chi connectivity index (χ1n) is 0.770. The average molecular weight is 124 g/mol. The minimum Gasteiger partial charge on any atom is -0.215 e. The van der Waals surface area contributed by atoms with E-state index in [-0.39, 0.29) is 0 Å². The normalized spacial score (nSPS) is 9.50. The van der Waals surface area contributed by atoms with Crippen LogP contribution in [0, 0.1) is 0 Å². The Morgan fingerprint density at radius 1 is 1.75 bits per heavy atom. The van der Waals surface area contributed by atoms with Gasteiger partial charge in [-0.25, -0.2) is 4.39 Å². The molecular formula is C2H2BrF. The van der Waals surface area contributed by atoms with Crippen molar-refractivity contribution in [2.75, 3.05) is 0 Å². The average Bonchev–Trinajstić information content (AvgIpc) is 1.37. The molecule has 24 valence electrons. The van der Waals surface area contributed by atoms with Crippen molar-refractivity contribution in [1.29, 1.82) is 0 Å². The molecule has 0 atom stereocenters. The summed E-state index contributed by atoms with van der Waals surface area (Å²) in [5.41, 5.74) is 0. The summed E-state index contributed by atoms with van der Waals surface area (Å²) in [5, 5.41) is 0. The molecule has 0 N–H and O–H groups in total. The maximum Gasteiger partial charge on any atom is 0.0936 e. The van der Waals surface area contributed by atoms with Gasteiger partial charge in [-0.2, -0.15) is 0 Å². The van der Waals surface area contributed by atoms with Crippen molar-refractivity contribution < 1.29 is 4.39 Å². The van der Waals surface area contributed by atoms with Crippen LogP contribution in [0.4, 0.5) is 4.39 Å². The van der Waals surface area contributed by atoms with Crippen LogP contribution in [-0.4, -0.2) is 0 Å². The van der Waals surface area contributed by atoms with Crippen molar-refractivity contribution in [3.8, 4) is 0 Å². The number of hydrogen-bond donors (Lipinski definition) is 0. The van der Waals surface area contributed by atoms with E-state index in [1.54, 1.807) is 0 Å². The topological polar surface area (TPSA) is 0 Å². The fourth-order valence-electron chi connectivity index (χ4n) is 0. The molecule has 0 amide bonds. The molecule has 0 fully saturated rings. The summed E-state index contributed by atoms with van der Waals surface area (Å²) in [6, 6.07) is 0. The molecule has 0 aliphatic rings. The third-order valence-electron chi connectivity index (χ3n) is 0.0476. The van der Waals surface area contributed by atoms with Crippen LogP contribution < -0.4 is 0 Å². The van der Waals surface area contributed by atoms with Crippen molar-refractivity contribution in [2.24, 2.45) is 0 Å². The first-order valence-corrected chi connectivity index (χ1v) is 1.69. The van der Waals surface area contributed by atoms with Gasteiger partial charge < -0.3 is 0 Å². The van der Waals surface area contributed by atoms with Crippen LogP contribution in [0.2, 0.25) is 0 Å². The fraction of sp³-hybridized carbons (Fsp3) is 0. The minimum atomic E-state index is 0.417. The molecule has 0 aromatic carbocycles. The van der Waals surface area contributed by atoms with Crippen molar-refractivity contribution in [3.63, 3.8) is 0 Å². The molecule has 0 rings (SSSR count). The Kier molecular flexibility index (Phi) is 3.27. The molecule has 0 heterocycles. The van der Waals surface area contributed by atoms with Crippen molar-refractivity contribution in [3.05, 3.63) is 11.3 Å². The molecule has 0 aromatic rings. The lowest BCUT2D eigenvalue weighted by Gasteiger charge is -1.43. The lowest BCUT2D eigenvalue weighted by atomic mass is 11.2. The SMILES string of the molecule is F/C=C/[79Br]. The molecule has 0 radical (unpaired) electrons. The predicted octanol–water partition coefficient (Wildman–Crippen LogP) is 1.82. The highest BCUT2D eigenvalue weighted by Gasteiger charge is 1.41. The molecule has 0 bridgehead atoms. The Morgan fingerprint density at radius 3 is 2.00 bits per heavy atom.